The molecule has 1 N–H and O–H groups in total. The second-order valence-electron chi connectivity index (χ2n) is 5.79. The molecule has 4 heteroatoms. The molecule has 0 aromatic carbocycles. The van der Waals surface area contributed by atoms with Crippen molar-refractivity contribution in [1.29, 1.82) is 0 Å². The number of hydrogen-bond acceptors (Lipinski definition) is 4. The highest BCUT2D eigenvalue weighted by atomic mass is 16.5. The van der Waals surface area contributed by atoms with Gasteiger partial charge in [-0.3, -0.25) is 0 Å². The van der Waals surface area contributed by atoms with Gasteiger partial charge in [-0.2, -0.15) is 0 Å². The summed E-state index contributed by atoms with van der Waals surface area (Å²) in [4.78, 5) is 9.69. The molecule has 0 atom stereocenters. The zero-order valence-electron chi connectivity index (χ0n) is 10.8. The molecule has 0 spiro atoms. The Labute approximate surface area is 107 Å². The molecule has 0 unspecified atom stereocenters. The maximum atomic E-state index is 5.73. The quantitative estimate of drug-likeness (QED) is 0.884. The zero-order chi connectivity index (χ0) is 12.2. The Kier molecular flexibility index (Phi) is 2.26. The van der Waals surface area contributed by atoms with Crippen molar-refractivity contribution >= 4 is 0 Å². The van der Waals surface area contributed by atoms with Crippen LogP contribution in [0.3, 0.4) is 0 Å². The predicted molar refractivity (Wildman–Crippen MR) is 67.1 cm³/mol. The number of nitrogens with one attached hydrogen (secondary N) is 1. The first kappa shape index (κ1) is 10.9. The molecule has 0 radical (unpaired) electrons. The average Bonchev–Trinajstić information content (AvgIpc) is 3.06. The number of nitrogens with zero attached hydrogens (tertiary/aromatic N) is 2. The lowest BCUT2D eigenvalue weighted by atomic mass is 9.79. The fraction of sp³-hybridized carbons (Fsp3) is 0.714. The molecule has 1 aromatic rings. The smallest absolute Gasteiger partial charge is 0.160 e. The van der Waals surface area contributed by atoms with E-state index in [9.17, 15) is 0 Å². The second kappa shape index (κ2) is 3.75. The fourth-order valence-electron chi connectivity index (χ4n) is 3.11. The van der Waals surface area contributed by atoms with E-state index < -0.39 is 0 Å². The summed E-state index contributed by atoms with van der Waals surface area (Å²) in [6.45, 7) is 1.84. The Morgan fingerprint density at radius 1 is 1.22 bits per heavy atom. The molecule has 96 valence electrons. The van der Waals surface area contributed by atoms with E-state index in [4.69, 9.17) is 14.7 Å². The Morgan fingerprint density at radius 3 is 2.67 bits per heavy atom. The van der Waals surface area contributed by atoms with Crippen LogP contribution in [-0.4, -0.2) is 17.1 Å². The van der Waals surface area contributed by atoms with Gasteiger partial charge in [-0.05, 0) is 32.1 Å². The largest absolute Gasteiger partial charge is 0.370 e. The van der Waals surface area contributed by atoms with E-state index in [1.54, 1.807) is 7.11 Å². The minimum atomic E-state index is -0.179. The fourth-order valence-corrected chi connectivity index (χ4v) is 3.11. The molecule has 2 fully saturated rings. The summed E-state index contributed by atoms with van der Waals surface area (Å²) in [5.41, 5.74) is 3.71. The lowest BCUT2D eigenvalue weighted by Gasteiger charge is -2.39. The summed E-state index contributed by atoms with van der Waals surface area (Å²) in [5, 5.41) is 3.40. The van der Waals surface area contributed by atoms with Gasteiger partial charge in [0.15, 0.2) is 5.82 Å². The van der Waals surface area contributed by atoms with Crippen LogP contribution in [0.2, 0.25) is 0 Å². The number of aromatic nitrogens is 2. The average molecular weight is 245 g/mol. The van der Waals surface area contributed by atoms with E-state index in [-0.39, 0.29) is 5.60 Å². The van der Waals surface area contributed by atoms with Gasteiger partial charge in [-0.1, -0.05) is 0 Å². The predicted octanol–water partition coefficient (Wildman–Crippen LogP) is 1.98. The molecule has 2 heterocycles. The molecule has 1 aliphatic heterocycles. The van der Waals surface area contributed by atoms with Gasteiger partial charge in [0.1, 0.15) is 5.60 Å². The molecule has 4 nitrogen and oxygen atoms in total. The van der Waals surface area contributed by atoms with Crippen LogP contribution in [0, 0.1) is 0 Å². The topological polar surface area (TPSA) is 47.0 Å². The highest BCUT2D eigenvalue weighted by molar-refractivity contribution is 5.35. The van der Waals surface area contributed by atoms with E-state index in [0.29, 0.717) is 5.92 Å². The number of fused-ring (bicyclic) bond motifs is 1. The summed E-state index contributed by atoms with van der Waals surface area (Å²) < 4.78 is 5.73. The zero-order valence-corrected chi connectivity index (χ0v) is 10.8. The van der Waals surface area contributed by atoms with Gasteiger partial charge in [-0.15, -0.1) is 0 Å². The van der Waals surface area contributed by atoms with Crippen LogP contribution in [-0.2, 0) is 23.4 Å². The van der Waals surface area contributed by atoms with E-state index >= 15 is 0 Å². The Balaban J connectivity index is 1.82. The third-order valence-corrected chi connectivity index (χ3v) is 4.64. The summed E-state index contributed by atoms with van der Waals surface area (Å²) >= 11 is 0. The molecule has 2 aliphatic carbocycles. The van der Waals surface area contributed by atoms with Crippen LogP contribution < -0.4 is 5.32 Å². The second-order valence-corrected chi connectivity index (χ2v) is 5.79. The molecular formula is C14H19N3O. The van der Waals surface area contributed by atoms with Crippen molar-refractivity contribution in [1.82, 2.24) is 15.3 Å². The molecule has 4 rings (SSSR count). The van der Waals surface area contributed by atoms with Gasteiger partial charge in [-0.25, -0.2) is 9.97 Å². The first-order valence-electron chi connectivity index (χ1n) is 6.98. The Morgan fingerprint density at radius 2 is 2.06 bits per heavy atom. The lowest BCUT2D eigenvalue weighted by Crippen LogP contribution is -2.38. The molecule has 0 bridgehead atoms. The number of methoxy groups -OCH3 is 1. The summed E-state index contributed by atoms with van der Waals surface area (Å²) in [7, 11) is 1.80. The molecule has 2 saturated carbocycles. The van der Waals surface area contributed by atoms with Crippen molar-refractivity contribution in [2.24, 2.45) is 0 Å². The van der Waals surface area contributed by atoms with E-state index in [1.165, 1.54) is 36.2 Å². The third kappa shape index (κ3) is 1.45. The van der Waals surface area contributed by atoms with E-state index in [2.05, 4.69) is 5.32 Å². The number of hydrogen-bond donors (Lipinski definition) is 1. The van der Waals surface area contributed by atoms with Gasteiger partial charge in [0, 0.05) is 31.7 Å². The van der Waals surface area contributed by atoms with Gasteiger partial charge in [0.25, 0.3) is 0 Å². The Bertz CT molecular complexity index is 487. The standard InChI is InChI=1S/C14H19N3O/c1-18-14(5-2-6-14)13-16-11-8-15-7-10(11)12(17-13)9-3-4-9/h9,15H,2-8H2,1H3. The van der Waals surface area contributed by atoms with Gasteiger partial charge >= 0.3 is 0 Å². The van der Waals surface area contributed by atoms with Crippen molar-refractivity contribution in [2.75, 3.05) is 7.11 Å². The van der Waals surface area contributed by atoms with Crippen molar-refractivity contribution in [3.8, 4) is 0 Å². The lowest BCUT2D eigenvalue weighted by molar-refractivity contribution is -0.0849. The number of ether oxygens (including phenoxy) is 1. The molecule has 1 aromatic heterocycles. The van der Waals surface area contributed by atoms with Crippen LogP contribution >= 0.6 is 0 Å². The maximum Gasteiger partial charge on any atom is 0.160 e. The van der Waals surface area contributed by atoms with Crippen LogP contribution in [0.15, 0.2) is 0 Å². The van der Waals surface area contributed by atoms with Crippen LogP contribution in [0.5, 0.6) is 0 Å². The Hall–Kier alpha value is -1.00. The van der Waals surface area contributed by atoms with Gasteiger partial charge in [0.05, 0.1) is 11.4 Å². The van der Waals surface area contributed by atoms with Crippen LogP contribution in [0.1, 0.15) is 60.8 Å². The van der Waals surface area contributed by atoms with Gasteiger partial charge in [0.2, 0.25) is 0 Å². The maximum absolute atomic E-state index is 5.73. The summed E-state index contributed by atoms with van der Waals surface area (Å²) in [6, 6.07) is 0. The molecular weight excluding hydrogens is 226 g/mol. The van der Waals surface area contributed by atoms with Gasteiger partial charge < -0.3 is 10.1 Å². The summed E-state index contributed by atoms with van der Waals surface area (Å²) in [5.74, 6) is 1.63. The van der Waals surface area contributed by atoms with Crippen molar-refractivity contribution < 1.29 is 4.74 Å². The van der Waals surface area contributed by atoms with Crippen LogP contribution in [0.4, 0.5) is 0 Å². The van der Waals surface area contributed by atoms with Crippen molar-refractivity contribution in [2.45, 2.75) is 56.7 Å². The minimum Gasteiger partial charge on any atom is -0.370 e. The van der Waals surface area contributed by atoms with Crippen molar-refractivity contribution in [3.05, 3.63) is 22.8 Å². The molecule has 3 aliphatic rings. The number of rotatable bonds is 3. The van der Waals surface area contributed by atoms with E-state index in [0.717, 1.165) is 31.8 Å². The summed E-state index contributed by atoms with van der Waals surface area (Å²) in [6.07, 6.45) is 5.96. The first-order chi connectivity index (χ1) is 8.82. The monoisotopic (exact) mass is 245 g/mol. The normalized spacial score (nSPS) is 24.7. The first-order valence-corrected chi connectivity index (χ1v) is 6.98. The minimum absolute atomic E-state index is 0.179. The van der Waals surface area contributed by atoms with Crippen molar-refractivity contribution in [3.63, 3.8) is 0 Å². The molecule has 0 amide bonds. The highest BCUT2D eigenvalue weighted by Gasteiger charge is 2.43. The third-order valence-electron chi connectivity index (χ3n) is 4.64. The SMILES string of the molecule is COC1(c2nc3c(c(C4CC4)n2)CNC3)CCC1. The highest BCUT2D eigenvalue weighted by Crippen LogP contribution is 2.46. The van der Waals surface area contributed by atoms with E-state index in [1.807, 2.05) is 0 Å². The molecule has 0 saturated heterocycles. The van der Waals surface area contributed by atoms with Crippen LogP contribution in [0.25, 0.3) is 0 Å². The molecule has 18 heavy (non-hydrogen) atoms.